The summed E-state index contributed by atoms with van der Waals surface area (Å²) in [4.78, 5) is 16.6. The van der Waals surface area contributed by atoms with Gasteiger partial charge >= 0.3 is 5.97 Å². The molecule has 178 valence electrons. The van der Waals surface area contributed by atoms with Gasteiger partial charge in [0.1, 0.15) is 5.60 Å². The van der Waals surface area contributed by atoms with Crippen LogP contribution < -0.4 is 0 Å². The number of esters is 1. The van der Waals surface area contributed by atoms with Crippen LogP contribution in [0.4, 0.5) is 0 Å². The molecule has 0 aliphatic rings. The van der Waals surface area contributed by atoms with Crippen molar-refractivity contribution in [3.05, 3.63) is 102 Å². The van der Waals surface area contributed by atoms with Crippen LogP contribution in [0.5, 0.6) is 0 Å². The number of carbonyl (C=O) groups excluding carboxylic acids is 1. The molecule has 0 unspecified atom stereocenters. The van der Waals surface area contributed by atoms with Gasteiger partial charge in [0.05, 0.1) is 6.61 Å². The first-order valence-corrected chi connectivity index (χ1v) is 13.6. The molecule has 6 heteroatoms. The molecule has 3 nitrogen and oxygen atoms in total. The third-order valence-electron chi connectivity index (χ3n) is 4.26. The molecule has 3 aromatic rings. The van der Waals surface area contributed by atoms with E-state index in [-0.39, 0.29) is 0 Å². The molecular formula is C28H30O3S3. The number of hydrogen-bond acceptors (Lipinski definition) is 6. The van der Waals surface area contributed by atoms with Crippen LogP contribution in [-0.2, 0) is 14.3 Å². The summed E-state index contributed by atoms with van der Waals surface area (Å²) < 4.78 is 11.0. The van der Waals surface area contributed by atoms with Gasteiger partial charge in [0.25, 0.3) is 4.27 Å². The Balaban J connectivity index is 1.79. The first kappa shape index (κ1) is 26.5. The average molecular weight is 511 g/mol. The molecule has 0 spiro atoms. The average Bonchev–Trinajstić information content (AvgIpc) is 2.82. The zero-order chi connectivity index (χ0) is 24.3. The van der Waals surface area contributed by atoms with Crippen molar-refractivity contribution in [2.24, 2.45) is 0 Å². The molecule has 3 aromatic carbocycles. The second-order valence-electron chi connectivity index (χ2n) is 8.33. The maximum atomic E-state index is 13.6. The molecule has 0 aliphatic carbocycles. The van der Waals surface area contributed by atoms with Crippen molar-refractivity contribution < 1.29 is 14.3 Å². The first-order chi connectivity index (χ1) is 16.4. The summed E-state index contributed by atoms with van der Waals surface area (Å²) >= 11 is 4.41. The van der Waals surface area contributed by atoms with Gasteiger partial charge < -0.3 is 9.47 Å². The molecule has 0 saturated heterocycles. The summed E-state index contributed by atoms with van der Waals surface area (Å²) in [7, 11) is 0. The van der Waals surface area contributed by atoms with Crippen molar-refractivity contribution in [2.75, 3.05) is 6.61 Å². The third-order valence-corrected chi connectivity index (χ3v) is 7.75. The second-order valence-corrected chi connectivity index (χ2v) is 12.1. The number of rotatable bonds is 11. The van der Waals surface area contributed by atoms with Crippen molar-refractivity contribution in [1.29, 1.82) is 0 Å². The van der Waals surface area contributed by atoms with Crippen molar-refractivity contribution in [1.82, 2.24) is 0 Å². The second kappa shape index (κ2) is 13.1. The van der Waals surface area contributed by atoms with Crippen LogP contribution in [-0.4, -0.2) is 22.4 Å². The number of benzene rings is 3. The molecule has 0 N–H and O–H groups in total. The van der Waals surface area contributed by atoms with Crippen LogP contribution in [0.3, 0.4) is 0 Å². The fourth-order valence-corrected chi connectivity index (χ4v) is 5.99. The van der Waals surface area contributed by atoms with Crippen LogP contribution in [0, 0.1) is 0 Å². The lowest BCUT2D eigenvalue weighted by molar-refractivity contribution is -0.165. The van der Waals surface area contributed by atoms with Crippen LogP contribution in [0.15, 0.2) is 117 Å². The van der Waals surface area contributed by atoms with E-state index < -0.39 is 15.8 Å². The number of ether oxygens (including phenoxy) is 2. The van der Waals surface area contributed by atoms with Gasteiger partial charge in [0, 0.05) is 14.7 Å². The normalized spacial score (nSPS) is 12.1. The molecule has 3 rings (SSSR count). The van der Waals surface area contributed by atoms with Gasteiger partial charge in [-0.25, -0.2) is 4.79 Å². The minimum Gasteiger partial charge on any atom is -0.456 e. The third kappa shape index (κ3) is 8.91. The molecule has 0 aromatic heterocycles. The van der Waals surface area contributed by atoms with Crippen LogP contribution in [0.1, 0.15) is 27.2 Å². The van der Waals surface area contributed by atoms with E-state index >= 15 is 0 Å². The molecule has 0 fully saturated rings. The van der Waals surface area contributed by atoms with Gasteiger partial charge in [-0.15, -0.1) is 0 Å². The quantitative estimate of drug-likeness (QED) is 0.112. The largest absolute Gasteiger partial charge is 0.456 e. The van der Waals surface area contributed by atoms with Gasteiger partial charge in [-0.2, -0.15) is 0 Å². The molecule has 0 heterocycles. The Morgan fingerprint density at radius 3 is 1.71 bits per heavy atom. The zero-order valence-corrected chi connectivity index (χ0v) is 22.1. The summed E-state index contributed by atoms with van der Waals surface area (Å²) in [6.45, 7) is 6.00. The smallest absolute Gasteiger partial charge is 0.361 e. The zero-order valence-electron chi connectivity index (χ0n) is 19.7. The Bertz CT molecular complexity index is 991. The molecule has 0 bridgehead atoms. The summed E-state index contributed by atoms with van der Waals surface area (Å²) in [5.74, 6) is -0.398. The van der Waals surface area contributed by atoms with Crippen molar-refractivity contribution >= 4 is 41.3 Å². The van der Waals surface area contributed by atoms with E-state index in [0.717, 1.165) is 9.79 Å². The molecule has 34 heavy (non-hydrogen) atoms. The molecule has 0 radical (unpaired) electrons. The highest BCUT2D eigenvalue weighted by Gasteiger charge is 2.45. The van der Waals surface area contributed by atoms with E-state index in [0.29, 0.717) is 13.0 Å². The first-order valence-electron chi connectivity index (χ1n) is 11.1. The highest BCUT2D eigenvalue weighted by atomic mass is 32.2. The molecular weight excluding hydrogens is 481 g/mol. The number of thioether (sulfide) groups is 3. The predicted octanol–water partition coefficient (Wildman–Crippen LogP) is 8.28. The molecule has 0 atom stereocenters. The van der Waals surface area contributed by atoms with E-state index in [1.165, 1.54) is 28.4 Å². The van der Waals surface area contributed by atoms with Crippen molar-refractivity contribution in [2.45, 2.75) is 51.7 Å². The van der Waals surface area contributed by atoms with E-state index in [1.54, 1.807) is 11.8 Å². The van der Waals surface area contributed by atoms with Gasteiger partial charge in [-0.05, 0) is 69.0 Å². The van der Waals surface area contributed by atoms with Gasteiger partial charge in [-0.3, -0.25) is 0 Å². The summed E-state index contributed by atoms with van der Waals surface area (Å²) in [6, 6.07) is 29.9. The van der Waals surface area contributed by atoms with E-state index in [4.69, 9.17) is 9.47 Å². The van der Waals surface area contributed by atoms with Crippen LogP contribution in [0.25, 0.3) is 0 Å². The Morgan fingerprint density at radius 2 is 1.24 bits per heavy atom. The lowest BCUT2D eigenvalue weighted by atomic mass is 10.2. The molecule has 0 aliphatic heterocycles. The highest BCUT2D eigenvalue weighted by Crippen LogP contribution is 2.48. The SMILES string of the molecule is CC(C)(C)OC(=O)C(OCC/C=C/Sc1ccccc1)(Sc1ccccc1)Sc1ccccc1. The summed E-state index contributed by atoms with van der Waals surface area (Å²) in [5.41, 5.74) is -0.633. The number of carbonyl (C=O) groups is 1. The monoisotopic (exact) mass is 510 g/mol. The van der Waals surface area contributed by atoms with Crippen molar-refractivity contribution in [3.63, 3.8) is 0 Å². The minimum absolute atomic E-state index is 0.380. The van der Waals surface area contributed by atoms with Gasteiger partial charge in [0.2, 0.25) is 0 Å². The fourth-order valence-electron chi connectivity index (χ4n) is 2.81. The minimum atomic E-state index is -1.28. The predicted molar refractivity (Wildman–Crippen MR) is 145 cm³/mol. The molecule has 0 amide bonds. The van der Waals surface area contributed by atoms with E-state index in [9.17, 15) is 4.79 Å². The topological polar surface area (TPSA) is 35.5 Å². The van der Waals surface area contributed by atoms with E-state index in [2.05, 4.69) is 23.6 Å². The standard InChI is InChI=1S/C28H30O3S3/c1-27(2,3)31-26(29)28(33-24-17-9-5-10-18-24,34-25-19-11-6-12-20-25)30-21-13-14-22-32-23-15-7-4-8-16-23/h4-12,14-20,22H,13,21H2,1-3H3/b22-14+. The van der Waals surface area contributed by atoms with Gasteiger partial charge in [0.15, 0.2) is 0 Å². The number of hydrogen-bond donors (Lipinski definition) is 0. The Kier molecular flexibility index (Phi) is 10.2. The maximum absolute atomic E-state index is 13.6. The molecule has 0 saturated carbocycles. The Hall–Kier alpha value is -2.12. The highest BCUT2D eigenvalue weighted by molar-refractivity contribution is 8.19. The lowest BCUT2D eigenvalue weighted by Crippen LogP contribution is -2.41. The van der Waals surface area contributed by atoms with Gasteiger partial charge in [-0.1, -0.05) is 96.0 Å². The van der Waals surface area contributed by atoms with E-state index in [1.807, 2.05) is 99.6 Å². The van der Waals surface area contributed by atoms with Crippen molar-refractivity contribution in [3.8, 4) is 0 Å². The maximum Gasteiger partial charge on any atom is 0.361 e. The van der Waals surface area contributed by atoms with Crippen LogP contribution >= 0.6 is 35.3 Å². The van der Waals surface area contributed by atoms with Crippen LogP contribution in [0.2, 0.25) is 0 Å². The summed E-state index contributed by atoms with van der Waals surface area (Å²) in [5, 5.41) is 2.06. The Morgan fingerprint density at radius 1 is 0.765 bits per heavy atom. The summed E-state index contributed by atoms with van der Waals surface area (Å²) in [6.07, 6.45) is 2.74. The Labute approximate surface area is 215 Å². The fraction of sp³-hybridized carbons (Fsp3) is 0.250. The lowest BCUT2D eigenvalue weighted by Gasteiger charge is -2.33.